The van der Waals surface area contributed by atoms with Crippen molar-refractivity contribution >= 4 is 26.7 Å². The highest BCUT2D eigenvalue weighted by Gasteiger charge is 2.39. The summed E-state index contributed by atoms with van der Waals surface area (Å²) in [5.74, 6) is -0.737. The number of nitrogens with one attached hydrogen (secondary N) is 1. The number of hydrogen-bond acceptors (Lipinski definition) is 7. The Morgan fingerprint density at radius 3 is 2.72 bits per heavy atom. The Balaban J connectivity index is 2.65. The minimum atomic E-state index is -3.98. The van der Waals surface area contributed by atoms with Crippen molar-refractivity contribution in [1.29, 1.82) is 0 Å². The lowest BCUT2D eigenvalue weighted by molar-refractivity contribution is -0.132. The minimum absolute atomic E-state index is 0.0280. The van der Waals surface area contributed by atoms with Gasteiger partial charge in [0.25, 0.3) is 5.04 Å². The number of carbonyl (C=O) groups is 1. The zero-order valence-electron chi connectivity index (χ0n) is 10.1. The lowest BCUT2D eigenvalue weighted by Gasteiger charge is -2.14. The van der Waals surface area contributed by atoms with Crippen LogP contribution in [0.2, 0.25) is 0 Å². The number of esters is 1. The van der Waals surface area contributed by atoms with Crippen molar-refractivity contribution < 1.29 is 17.9 Å². The fourth-order valence-corrected chi connectivity index (χ4v) is 3.22. The Kier molecular flexibility index (Phi) is 2.85. The number of carbonyl (C=O) groups excluding carboxylic acids is 1. The van der Waals surface area contributed by atoms with E-state index in [-0.39, 0.29) is 10.7 Å². The molecular formula is C9H12N4O4S. The molecule has 0 saturated heterocycles. The topological polar surface area (TPSA) is 103 Å². The van der Waals surface area contributed by atoms with Crippen LogP contribution in [0.5, 0.6) is 0 Å². The normalized spacial score (nSPS) is 16.5. The van der Waals surface area contributed by atoms with Crippen LogP contribution in [0, 0.1) is 6.92 Å². The van der Waals surface area contributed by atoms with Crippen molar-refractivity contribution in [2.45, 2.75) is 25.3 Å². The Bertz CT molecular complexity index is 644. The van der Waals surface area contributed by atoms with E-state index >= 15 is 0 Å². The number of nitrogens with zero attached hydrogens (tertiary/aromatic N) is 3. The van der Waals surface area contributed by atoms with E-state index in [4.69, 9.17) is 0 Å². The van der Waals surface area contributed by atoms with E-state index in [1.807, 2.05) is 6.92 Å². The molecule has 98 valence electrons. The standard InChI is InChI=1S/C9H12N4O4S/c1-4-13-7-6(5(2)12-13)18(15,16)8(11-10-7)9(14)17-3/h10H,4H2,1-3H3. The van der Waals surface area contributed by atoms with Gasteiger partial charge in [-0.15, -0.1) is 0 Å². The summed E-state index contributed by atoms with van der Waals surface area (Å²) in [5, 5.41) is 6.98. The molecule has 0 radical (unpaired) electrons. The first-order chi connectivity index (χ1) is 8.43. The van der Waals surface area contributed by atoms with E-state index in [1.54, 1.807) is 6.92 Å². The maximum atomic E-state index is 12.2. The SMILES string of the molecule is CCn1nc(C)c2c1NN=C(C(=O)OC)S2(=O)=O. The molecule has 0 amide bonds. The van der Waals surface area contributed by atoms with Gasteiger partial charge in [-0.05, 0) is 13.8 Å². The van der Waals surface area contributed by atoms with Crippen LogP contribution in [0.3, 0.4) is 0 Å². The number of sulfone groups is 1. The maximum Gasteiger partial charge on any atom is 0.370 e. The number of methoxy groups -OCH3 is 1. The molecule has 1 aliphatic heterocycles. The smallest absolute Gasteiger partial charge is 0.370 e. The van der Waals surface area contributed by atoms with Crippen LogP contribution >= 0.6 is 0 Å². The number of aryl methyl sites for hydroxylation is 2. The molecule has 2 rings (SSSR count). The molecule has 1 aromatic rings. The fourth-order valence-electron chi connectivity index (χ4n) is 1.73. The highest BCUT2D eigenvalue weighted by atomic mass is 32.2. The summed E-state index contributed by atoms with van der Waals surface area (Å²) < 4.78 is 30.3. The van der Waals surface area contributed by atoms with Gasteiger partial charge >= 0.3 is 5.97 Å². The molecule has 1 aliphatic rings. The summed E-state index contributed by atoms with van der Waals surface area (Å²) in [7, 11) is -2.89. The van der Waals surface area contributed by atoms with Crippen LogP contribution in [-0.4, -0.2) is 36.3 Å². The summed E-state index contributed by atoms with van der Waals surface area (Å²) in [6, 6.07) is 0. The van der Waals surface area contributed by atoms with Crippen molar-refractivity contribution in [3.05, 3.63) is 5.69 Å². The maximum absolute atomic E-state index is 12.2. The highest BCUT2D eigenvalue weighted by molar-refractivity contribution is 8.08. The Morgan fingerprint density at radius 2 is 2.17 bits per heavy atom. The Morgan fingerprint density at radius 1 is 1.50 bits per heavy atom. The van der Waals surface area contributed by atoms with Gasteiger partial charge < -0.3 is 4.74 Å². The number of rotatable bonds is 2. The zero-order chi connectivity index (χ0) is 13.5. The van der Waals surface area contributed by atoms with Crippen LogP contribution in [0.25, 0.3) is 0 Å². The third-order valence-corrected chi connectivity index (χ3v) is 4.31. The largest absolute Gasteiger partial charge is 0.464 e. The molecule has 0 saturated carbocycles. The predicted molar refractivity (Wildman–Crippen MR) is 62.9 cm³/mol. The number of hydrazone groups is 1. The lowest BCUT2D eigenvalue weighted by Crippen LogP contribution is -2.30. The van der Waals surface area contributed by atoms with Crippen LogP contribution in [0.15, 0.2) is 10.00 Å². The number of fused-ring (bicyclic) bond motifs is 1. The van der Waals surface area contributed by atoms with Gasteiger partial charge in [0.1, 0.15) is 4.90 Å². The van der Waals surface area contributed by atoms with Gasteiger partial charge in [-0.25, -0.2) is 17.9 Å². The fraction of sp³-hybridized carbons (Fsp3) is 0.444. The van der Waals surface area contributed by atoms with Crippen LogP contribution in [0.1, 0.15) is 12.6 Å². The van der Waals surface area contributed by atoms with Crippen LogP contribution in [-0.2, 0) is 25.9 Å². The second-order valence-corrected chi connectivity index (χ2v) is 5.40. The average Bonchev–Trinajstić information content (AvgIpc) is 2.66. The highest BCUT2D eigenvalue weighted by Crippen LogP contribution is 2.30. The Hall–Kier alpha value is -1.90. The summed E-state index contributed by atoms with van der Waals surface area (Å²) in [6.07, 6.45) is 0. The molecule has 0 spiro atoms. The van der Waals surface area contributed by atoms with Crippen molar-refractivity contribution in [2.75, 3.05) is 12.5 Å². The van der Waals surface area contributed by atoms with Gasteiger partial charge in [0.2, 0.25) is 9.84 Å². The summed E-state index contributed by atoms with van der Waals surface area (Å²) in [4.78, 5) is 11.4. The van der Waals surface area contributed by atoms with E-state index in [2.05, 4.69) is 20.4 Å². The van der Waals surface area contributed by atoms with Crippen molar-refractivity contribution in [2.24, 2.45) is 5.10 Å². The number of aromatic nitrogens is 2. The van der Waals surface area contributed by atoms with E-state index in [9.17, 15) is 13.2 Å². The van der Waals surface area contributed by atoms with Gasteiger partial charge in [0.15, 0.2) is 5.82 Å². The van der Waals surface area contributed by atoms with Crippen molar-refractivity contribution in [3.63, 3.8) is 0 Å². The molecule has 18 heavy (non-hydrogen) atoms. The molecule has 0 fully saturated rings. The molecule has 8 nitrogen and oxygen atoms in total. The molecule has 0 atom stereocenters. The van der Waals surface area contributed by atoms with E-state index in [0.29, 0.717) is 12.2 Å². The first kappa shape index (κ1) is 12.6. The third-order valence-electron chi connectivity index (χ3n) is 2.52. The summed E-state index contributed by atoms with van der Waals surface area (Å²) >= 11 is 0. The quantitative estimate of drug-likeness (QED) is 0.754. The number of anilines is 1. The molecule has 0 unspecified atom stereocenters. The summed E-state index contributed by atoms with van der Waals surface area (Å²) in [6.45, 7) is 3.87. The monoisotopic (exact) mass is 272 g/mol. The van der Waals surface area contributed by atoms with E-state index in [1.165, 1.54) is 4.68 Å². The van der Waals surface area contributed by atoms with Gasteiger partial charge in [-0.1, -0.05) is 0 Å². The third kappa shape index (κ3) is 1.58. The van der Waals surface area contributed by atoms with Gasteiger partial charge in [-0.3, -0.25) is 5.43 Å². The second-order valence-electron chi connectivity index (χ2n) is 3.60. The number of hydrogen-bond donors (Lipinski definition) is 1. The van der Waals surface area contributed by atoms with Crippen LogP contribution < -0.4 is 5.43 Å². The summed E-state index contributed by atoms with van der Waals surface area (Å²) in [5.41, 5.74) is 2.85. The molecule has 1 aromatic heterocycles. The lowest BCUT2D eigenvalue weighted by atomic mass is 10.5. The first-order valence-electron chi connectivity index (χ1n) is 5.18. The van der Waals surface area contributed by atoms with Gasteiger partial charge in [0.05, 0.1) is 12.8 Å². The molecule has 9 heteroatoms. The van der Waals surface area contributed by atoms with E-state index in [0.717, 1.165) is 7.11 Å². The van der Waals surface area contributed by atoms with Crippen LogP contribution in [0.4, 0.5) is 5.82 Å². The Labute approximate surface area is 104 Å². The minimum Gasteiger partial charge on any atom is -0.464 e. The zero-order valence-corrected chi connectivity index (χ0v) is 10.9. The number of ether oxygens (including phenoxy) is 1. The molecule has 1 N–H and O–H groups in total. The second kappa shape index (κ2) is 4.09. The molecule has 2 heterocycles. The molecule has 0 aliphatic carbocycles. The van der Waals surface area contributed by atoms with E-state index < -0.39 is 20.9 Å². The molecule has 0 bridgehead atoms. The molecular weight excluding hydrogens is 260 g/mol. The van der Waals surface area contributed by atoms with Crippen molar-refractivity contribution in [1.82, 2.24) is 9.78 Å². The molecule has 0 aromatic carbocycles. The van der Waals surface area contributed by atoms with Gasteiger partial charge in [-0.2, -0.15) is 10.2 Å². The predicted octanol–water partition coefficient (Wildman–Crippen LogP) is -0.103. The van der Waals surface area contributed by atoms with Gasteiger partial charge in [0, 0.05) is 6.54 Å². The average molecular weight is 272 g/mol. The first-order valence-corrected chi connectivity index (χ1v) is 6.66. The van der Waals surface area contributed by atoms with Crippen molar-refractivity contribution in [3.8, 4) is 0 Å².